The fourth-order valence-electron chi connectivity index (χ4n) is 3.29. The van der Waals surface area contributed by atoms with E-state index in [1.165, 1.54) is 0 Å². The Hall–Kier alpha value is -2.24. The van der Waals surface area contributed by atoms with Gasteiger partial charge in [-0.2, -0.15) is 0 Å². The lowest BCUT2D eigenvalue weighted by atomic mass is 9.96. The summed E-state index contributed by atoms with van der Waals surface area (Å²) in [6.07, 6.45) is 2.12. The maximum absolute atomic E-state index is 12.7. The lowest BCUT2D eigenvalue weighted by molar-refractivity contribution is -0.143. The van der Waals surface area contributed by atoms with Gasteiger partial charge in [0.2, 0.25) is 0 Å². The summed E-state index contributed by atoms with van der Waals surface area (Å²) in [5.74, 6) is -0.172. The summed E-state index contributed by atoms with van der Waals surface area (Å²) in [7, 11) is 1.62. The highest BCUT2D eigenvalue weighted by molar-refractivity contribution is 5.77. The molecule has 1 saturated heterocycles. The maximum Gasteiger partial charge on any atom is 0.317 e. The van der Waals surface area contributed by atoms with Gasteiger partial charge < -0.3 is 20.1 Å². The number of nitrogens with zero attached hydrogens (tertiary/aromatic N) is 1. The van der Waals surface area contributed by atoms with Crippen molar-refractivity contribution in [2.75, 3.05) is 20.2 Å². The number of para-hydroxylation sites is 1. The van der Waals surface area contributed by atoms with Gasteiger partial charge in [0.05, 0.1) is 19.1 Å². The molecule has 6 nitrogen and oxygen atoms in total. The van der Waals surface area contributed by atoms with Crippen LogP contribution in [-0.4, -0.2) is 42.2 Å². The smallest absolute Gasteiger partial charge is 0.317 e. The molecule has 0 spiro atoms. The van der Waals surface area contributed by atoms with E-state index in [0.29, 0.717) is 25.3 Å². The van der Waals surface area contributed by atoms with Crippen molar-refractivity contribution in [3.05, 3.63) is 29.8 Å². The van der Waals surface area contributed by atoms with Gasteiger partial charge in [-0.05, 0) is 31.2 Å². The molecule has 2 N–H and O–H groups in total. The quantitative estimate of drug-likeness (QED) is 0.827. The third kappa shape index (κ3) is 5.11. The van der Waals surface area contributed by atoms with E-state index in [2.05, 4.69) is 19.2 Å². The molecule has 138 valence electrons. The zero-order chi connectivity index (χ0) is 18.4. The van der Waals surface area contributed by atoms with E-state index in [-0.39, 0.29) is 18.6 Å². The molecular formula is C19H28N2O4. The Balaban J connectivity index is 2.13. The fourth-order valence-corrected chi connectivity index (χ4v) is 3.29. The van der Waals surface area contributed by atoms with Crippen molar-refractivity contribution in [3.8, 4) is 5.75 Å². The minimum Gasteiger partial charge on any atom is -0.496 e. The zero-order valence-electron chi connectivity index (χ0n) is 15.2. The Labute approximate surface area is 149 Å². The van der Waals surface area contributed by atoms with Crippen molar-refractivity contribution in [3.63, 3.8) is 0 Å². The van der Waals surface area contributed by atoms with Crippen LogP contribution in [0.25, 0.3) is 0 Å². The number of carbonyl (C=O) groups excluding carboxylic acids is 1. The van der Waals surface area contributed by atoms with Crippen molar-refractivity contribution >= 4 is 12.0 Å². The number of rotatable bonds is 6. The molecule has 2 atom stereocenters. The van der Waals surface area contributed by atoms with Crippen LogP contribution in [0.3, 0.4) is 0 Å². The molecule has 2 unspecified atom stereocenters. The van der Waals surface area contributed by atoms with Crippen molar-refractivity contribution in [2.24, 2.45) is 11.8 Å². The number of carbonyl (C=O) groups is 2. The van der Waals surface area contributed by atoms with Gasteiger partial charge in [-0.1, -0.05) is 32.0 Å². The molecule has 0 aliphatic carbocycles. The second-order valence-corrected chi connectivity index (χ2v) is 7.00. The standard InChI is InChI=1S/C19H28N2O4/c1-13(2)11-16(15-8-4-5-9-17(15)25-3)20-19(24)21-10-6-7-14(12-21)18(22)23/h4-5,8-9,13-14,16H,6-7,10-12H2,1-3H3,(H,20,24)(H,22,23). The van der Waals surface area contributed by atoms with E-state index >= 15 is 0 Å². The van der Waals surface area contributed by atoms with Gasteiger partial charge >= 0.3 is 12.0 Å². The molecule has 2 amide bonds. The fraction of sp³-hybridized carbons (Fsp3) is 0.579. The number of hydrogen-bond acceptors (Lipinski definition) is 3. The summed E-state index contributed by atoms with van der Waals surface area (Å²) in [5, 5.41) is 12.3. The van der Waals surface area contributed by atoms with Crippen molar-refractivity contribution in [1.82, 2.24) is 10.2 Å². The number of hydrogen-bond donors (Lipinski definition) is 2. The number of piperidine rings is 1. The maximum atomic E-state index is 12.7. The average molecular weight is 348 g/mol. The van der Waals surface area contributed by atoms with Gasteiger partial charge in [0.25, 0.3) is 0 Å². The Kier molecular flexibility index (Phi) is 6.67. The molecule has 0 aromatic heterocycles. The molecule has 0 bridgehead atoms. The first-order valence-corrected chi connectivity index (χ1v) is 8.83. The second kappa shape index (κ2) is 8.74. The number of amides is 2. The molecule has 6 heteroatoms. The van der Waals surface area contributed by atoms with E-state index in [0.717, 1.165) is 17.7 Å². The number of ether oxygens (including phenoxy) is 1. The minimum atomic E-state index is -0.832. The predicted molar refractivity (Wildman–Crippen MR) is 95.7 cm³/mol. The zero-order valence-corrected chi connectivity index (χ0v) is 15.2. The van der Waals surface area contributed by atoms with E-state index in [1.807, 2.05) is 24.3 Å². The first-order chi connectivity index (χ1) is 11.9. The van der Waals surface area contributed by atoms with Crippen molar-refractivity contribution in [2.45, 2.75) is 39.2 Å². The van der Waals surface area contributed by atoms with Crippen molar-refractivity contribution < 1.29 is 19.4 Å². The van der Waals surface area contributed by atoms with E-state index in [4.69, 9.17) is 4.74 Å². The van der Waals surface area contributed by atoms with Crippen LogP contribution < -0.4 is 10.1 Å². The Morgan fingerprint density at radius 2 is 2.08 bits per heavy atom. The second-order valence-electron chi connectivity index (χ2n) is 7.00. The highest BCUT2D eigenvalue weighted by Crippen LogP contribution is 2.29. The van der Waals surface area contributed by atoms with Crippen LogP contribution in [0, 0.1) is 11.8 Å². The van der Waals surface area contributed by atoms with Crippen molar-refractivity contribution in [1.29, 1.82) is 0 Å². The average Bonchev–Trinajstić information content (AvgIpc) is 2.60. The van der Waals surface area contributed by atoms with Gasteiger partial charge in [0.15, 0.2) is 0 Å². The molecule has 0 radical (unpaired) electrons. The Morgan fingerprint density at radius 3 is 2.72 bits per heavy atom. The molecule has 25 heavy (non-hydrogen) atoms. The normalized spacial score (nSPS) is 18.7. The lowest BCUT2D eigenvalue weighted by Crippen LogP contribution is -2.48. The van der Waals surface area contributed by atoms with Crippen LogP contribution >= 0.6 is 0 Å². The molecule has 1 heterocycles. The summed E-state index contributed by atoms with van der Waals surface area (Å²) < 4.78 is 5.44. The van der Waals surface area contributed by atoms with Gasteiger partial charge in [-0.15, -0.1) is 0 Å². The number of benzene rings is 1. The van der Waals surface area contributed by atoms with Crippen LogP contribution in [0.5, 0.6) is 5.75 Å². The molecule has 0 saturated carbocycles. The molecule has 1 aromatic rings. The lowest BCUT2D eigenvalue weighted by Gasteiger charge is -2.33. The Morgan fingerprint density at radius 1 is 1.36 bits per heavy atom. The number of aliphatic carboxylic acids is 1. The summed E-state index contributed by atoms with van der Waals surface area (Å²) in [4.78, 5) is 25.5. The SMILES string of the molecule is COc1ccccc1C(CC(C)C)NC(=O)N1CCCC(C(=O)O)C1. The first-order valence-electron chi connectivity index (χ1n) is 8.83. The van der Waals surface area contributed by atoms with E-state index < -0.39 is 11.9 Å². The van der Waals surface area contributed by atoms with Crippen LogP contribution in [0.4, 0.5) is 4.79 Å². The summed E-state index contributed by atoms with van der Waals surface area (Å²) in [6.45, 7) is 5.07. The molecule has 1 aliphatic rings. The number of nitrogens with one attached hydrogen (secondary N) is 1. The number of likely N-dealkylation sites (tertiary alicyclic amines) is 1. The van der Waals surface area contributed by atoms with E-state index in [1.54, 1.807) is 12.0 Å². The summed E-state index contributed by atoms with van der Waals surface area (Å²) >= 11 is 0. The molecule has 1 fully saturated rings. The number of urea groups is 1. The number of methoxy groups -OCH3 is 1. The summed E-state index contributed by atoms with van der Waals surface area (Å²) in [6, 6.07) is 7.30. The number of carboxylic acid groups (broad SMARTS) is 1. The molecule has 1 aromatic carbocycles. The van der Waals surface area contributed by atoms with Crippen LogP contribution in [0.2, 0.25) is 0 Å². The highest BCUT2D eigenvalue weighted by Gasteiger charge is 2.29. The summed E-state index contributed by atoms with van der Waals surface area (Å²) in [5.41, 5.74) is 0.943. The Bertz CT molecular complexity index is 603. The van der Waals surface area contributed by atoms with Crippen LogP contribution in [0.15, 0.2) is 24.3 Å². The predicted octanol–water partition coefficient (Wildman–Crippen LogP) is 3.29. The van der Waals surface area contributed by atoms with Crippen LogP contribution in [0.1, 0.15) is 44.7 Å². The van der Waals surface area contributed by atoms with Gasteiger partial charge in [0.1, 0.15) is 5.75 Å². The minimum absolute atomic E-state index is 0.172. The van der Waals surface area contributed by atoms with Gasteiger partial charge in [-0.25, -0.2) is 4.79 Å². The third-order valence-corrected chi connectivity index (χ3v) is 4.58. The van der Waals surface area contributed by atoms with Gasteiger partial charge in [0, 0.05) is 18.7 Å². The van der Waals surface area contributed by atoms with E-state index in [9.17, 15) is 14.7 Å². The first kappa shape index (κ1) is 19.1. The largest absolute Gasteiger partial charge is 0.496 e. The molecular weight excluding hydrogens is 320 g/mol. The monoisotopic (exact) mass is 348 g/mol. The van der Waals surface area contributed by atoms with Gasteiger partial charge in [-0.3, -0.25) is 4.79 Å². The molecule has 2 rings (SSSR count). The topological polar surface area (TPSA) is 78.9 Å². The highest BCUT2D eigenvalue weighted by atomic mass is 16.5. The number of carboxylic acids is 1. The molecule has 1 aliphatic heterocycles. The third-order valence-electron chi connectivity index (χ3n) is 4.58. The van der Waals surface area contributed by atoms with Crippen LogP contribution in [-0.2, 0) is 4.79 Å².